The first kappa shape index (κ1) is 19.0. The Balaban J connectivity index is 1.50. The van der Waals surface area contributed by atoms with E-state index in [2.05, 4.69) is 9.97 Å². The van der Waals surface area contributed by atoms with Gasteiger partial charge < -0.3 is 14.4 Å². The van der Waals surface area contributed by atoms with Gasteiger partial charge in [-0.05, 0) is 31.2 Å². The highest BCUT2D eigenvalue weighted by Crippen LogP contribution is 2.36. The van der Waals surface area contributed by atoms with Crippen molar-refractivity contribution in [1.82, 2.24) is 24.3 Å². The molecule has 5 rings (SSSR count). The summed E-state index contributed by atoms with van der Waals surface area (Å²) >= 11 is 0. The largest absolute Gasteiger partial charge is 0.342 e. The summed E-state index contributed by atoms with van der Waals surface area (Å²) in [6, 6.07) is 3.57. The summed E-state index contributed by atoms with van der Waals surface area (Å²) in [5.41, 5.74) is 2.40. The van der Waals surface area contributed by atoms with E-state index < -0.39 is 0 Å². The summed E-state index contributed by atoms with van der Waals surface area (Å²) in [7, 11) is 0. The Morgan fingerprint density at radius 3 is 2.60 bits per heavy atom. The number of hydrogen-bond donors (Lipinski definition) is 0. The van der Waals surface area contributed by atoms with Crippen LogP contribution in [0.25, 0.3) is 11.3 Å². The number of nitrogens with zero attached hydrogens (tertiary/aromatic N) is 5. The van der Waals surface area contributed by atoms with Crippen LogP contribution in [-0.2, 0) is 11.3 Å². The highest BCUT2D eigenvalue weighted by molar-refractivity contribution is 5.92. The predicted octanol–water partition coefficient (Wildman–Crippen LogP) is 1.51. The lowest BCUT2D eigenvalue weighted by molar-refractivity contribution is -0.131. The number of likely N-dealkylation sites (tertiary alicyclic amines) is 2. The Labute approximate surface area is 174 Å². The second kappa shape index (κ2) is 7.34. The molecule has 3 aliphatic heterocycles. The highest BCUT2D eigenvalue weighted by atomic mass is 16.2. The number of carbonyl (C=O) groups excluding carboxylic acids is 2. The van der Waals surface area contributed by atoms with Gasteiger partial charge in [-0.3, -0.25) is 19.4 Å². The molecule has 3 aliphatic rings. The number of carbonyl (C=O) groups is 2. The lowest BCUT2D eigenvalue weighted by Crippen LogP contribution is -2.48. The summed E-state index contributed by atoms with van der Waals surface area (Å²) in [4.78, 5) is 49.9. The lowest BCUT2D eigenvalue weighted by Gasteiger charge is -2.42. The molecule has 2 fully saturated rings. The van der Waals surface area contributed by atoms with Crippen molar-refractivity contribution < 1.29 is 9.59 Å². The molecule has 0 radical (unpaired) electrons. The van der Waals surface area contributed by atoms with Gasteiger partial charge in [-0.2, -0.15) is 0 Å². The minimum absolute atomic E-state index is 0.0634. The maximum Gasteiger partial charge on any atom is 0.274 e. The molecule has 2 aromatic rings. The van der Waals surface area contributed by atoms with Crippen molar-refractivity contribution in [1.29, 1.82) is 0 Å². The number of pyridine rings is 1. The summed E-state index contributed by atoms with van der Waals surface area (Å²) < 4.78 is 1.84. The lowest BCUT2D eigenvalue weighted by atomic mass is 9.82. The fourth-order valence-corrected chi connectivity index (χ4v) is 5.05. The van der Waals surface area contributed by atoms with Gasteiger partial charge in [0.05, 0.1) is 18.1 Å². The van der Waals surface area contributed by atoms with Crippen LogP contribution in [0.2, 0.25) is 0 Å². The smallest absolute Gasteiger partial charge is 0.274 e. The van der Waals surface area contributed by atoms with Crippen LogP contribution in [0.15, 0.2) is 29.3 Å². The third kappa shape index (κ3) is 3.30. The minimum atomic E-state index is -0.108. The Morgan fingerprint density at radius 1 is 1.03 bits per heavy atom. The number of piperidine rings is 1. The van der Waals surface area contributed by atoms with Crippen molar-refractivity contribution in [2.75, 3.05) is 26.2 Å². The van der Waals surface area contributed by atoms with E-state index in [1.165, 1.54) is 6.20 Å². The molecule has 0 aromatic carbocycles. The van der Waals surface area contributed by atoms with Crippen LogP contribution in [0, 0.1) is 5.92 Å². The molecule has 0 unspecified atom stereocenters. The molecule has 2 saturated heterocycles. The van der Waals surface area contributed by atoms with Crippen LogP contribution in [0.5, 0.6) is 0 Å². The van der Waals surface area contributed by atoms with Gasteiger partial charge in [-0.25, -0.2) is 4.98 Å². The number of rotatable bonds is 2. The standard InChI is InChI=1S/C22H25N5O3/c1-14(28)26-11-15-6-17(13-26)20-7-16(8-21(29)27(20)12-15)18-9-23-10-19(24-18)22(30)25-4-2-3-5-25/h7-10,15,17H,2-6,11-13H2,1H3/t15-,17+/m0/s1. The van der Waals surface area contributed by atoms with Crippen molar-refractivity contribution in [3.05, 3.63) is 46.3 Å². The second-order valence-electron chi connectivity index (χ2n) is 8.63. The third-order valence-electron chi connectivity index (χ3n) is 6.54. The topological polar surface area (TPSA) is 88.4 Å². The molecule has 8 heteroatoms. The third-order valence-corrected chi connectivity index (χ3v) is 6.54. The fourth-order valence-electron chi connectivity index (χ4n) is 5.05. The van der Waals surface area contributed by atoms with E-state index in [0.29, 0.717) is 42.5 Å². The van der Waals surface area contributed by atoms with Gasteiger partial charge >= 0.3 is 0 Å². The maximum absolute atomic E-state index is 12.9. The van der Waals surface area contributed by atoms with Crippen molar-refractivity contribution in [3.8, 4) is 11.3 Å². The molecule has 2 atom stereocenters. The van der Waals surface area contributed by atoms with Crippen molar-refractivity contribution in [2.24, 2.45) is 5.92 Å². The quantitative estimate of drug-likeness (QED) is 0.753. The fraction of sp³-hybridized carbons (Fsp3) is 0.500. The molecule has 30 heavy (non-hydrogen) atoms. The van der Waals surface area contributed by atoms with Crippen LogP contribution in [-0.4, -0.2) is 62.3 Å². The zero-order chi connectivity index (χ0) is 20.8. The SMILES string of the molecule is CC(=O)N1C[C@@H]2C[C@H](C1)c1cc(-c3cncc(C(=O)N4CCCC4)n3)cc(=O)n1C2. The molecule has 5 heterocycles. The van der Waals surface area contributed by atoms with E-state index in [-0.39, 0.29) is 23.3 Å². The highest BCUT2D eigenvalue weighted by Gasteiger charge is 2.35. The molecular weight excluding hydrogens is 382 g/mol. The van der Waals surface area contributed by atoms with E-state index in [1.54, 1.807) is 24.1 Å². The average molecular weight is 407 g/mol. The van der Waals surface area contributed by atoms with Crippen LogP contribution in [0.3, 0.4) is 0 Å². The predicted molar refractivity (Wildman–Crippen MR) is 110 cm³/mol. The number of aromatic nitrogens is 3. The van der Waals surface area contributed by atoms with E-state index in [0.717, 1.165) is 38.0 Å². The molecule has 0 N–H and O–H groups in total. The monoisotopic (exact) mass is 407 g/mol. The molecule has 156 valence electrons. The number of amides is 2. The van der Waals surface area contributed by atoms with E-state index >= 15 is 0 Å². The molecule has 8 nitrogen and oxygen atoms in total. The van der Waals surface area contributed by atoms with E-state index in [4.69, 9.17) is 0 Å². The minimum Gasteiger partial charge on any atom is -0.342 e. The zero-order valence-corrected chi connectivity index (χ0v) is 17.1. The first-order valence-corrected chi connectivity index (χ1v) is 10.6. The van der Waals surface area contributed by atoms with Crippen LogP contribution < -0.4 is 5.56 Å². The van der Waals surface area contributed by atoms with Gasteiger partial charge in [-0.1, -0.05) is 0 Å². The summed E-state index contributed by atoms with van der Waals surface area (Å²) in [6.07, 6.45) is 6.10. The van der Waals surface area contributed by atoms with Crippen molar-refractivity contribution in [2.45, 2.75) is 38.6 Å². The zero-order valence-electron chi connectivity index (χ0n) is 17.1. The maximum atomic E-state index is 12.9. The van der Waals surface area contributed by atoms with Gasteiger partial charge in [0.25, 0.3) is 11.5 Å². The van der Waals surface area contributed by atoms with Gasteiger partial charge in [0.2, 0.25) is 5.91 Å². The Morgan fingerprint density at radius 2 is 1.83 bits per heavy atom. The average Bonchev–Trinajstić information content (AvgIpc) is 3.28. The van der Waals surface area contributed by atoms with Crippen LogP contribution >= 0.6 is 0 Å². The Bertz CT molecular complexity index is 1070. The molecule has 0 saturated carbocycles. The molecule has 2 bridgehead atoms. The van der Waals surface area contributed by atoms with Gasteiger partial charge in [0.1, 0.15) is 5.69 Å². The molecule has 2 amide bonds. The Hall–Kier alpha value is -3.03. The number of fused-ring (bicyclic) bond motifs is 4. The molecule has 0 aliphatic carbocycles. The number of hydrogen-bond acceptors (Lipinski definition) is 5. The van der Waals surface area contributed by atoms with Gasteiger partial charge in [-0.15, -0.1) is 0 Å². The second-order valence-corrected chi connectivity index (χ2v) is 8.63. The van der Waals surface area contributed by atoms with Gasteiger partial charge in [0, 0.05) is 62.9 Å². The first-order chi connectivity index (χ1) is 14.5. The summed E-state index contributed by atoms with van der Waals surface area (Å²) in [5.74, 6) is 0.417. The summed E-state index contributed by atoms with van der Waals surface area (Å²) in [5, 5.41) is 0. The van der Waals surface area contributed by atoms with Crippen molar-refractivity contribution in [3.63, 3.8) is 0 Å². The molecule has 2 aromatic heterocycles. The van der Waals surface area contributed by atoms with Crippen LogP contribution in [0.4, 0.5) is 0 Å². The first-order valence-electron chi connectivity index (χ1n) is 10.6. The summed E-state index contributed by atoms with van der Waals surface area (Å²) in [6.45, 7) is 5.08. The van der Waals surface area contributed by atoms with E-state index in [9.17, 15) is 14.4 Å². The van der Waals surface area contributed by atoms with Gasteiger partial charge in [0.15, 0.2) is 0 Å². The van der Waals surface area contributed by atoms with E-state index in [1.807, 2.05) is 15.5 Å². The molecular formula is C22H25N5O3. The Kier molecular flexibility index (Phi) is 4.64. The van der Waals surface area contributed by atoms with Crippen molar-refractivity contribution >= 4 is 11.8 Å². The molecule has 0 spiro atoms. The van der Waals surface area contributed by atoms with Crippen LogP contribution in [0.1, 0.15) is 48.3 Å². The normalized spacial score (nSPS) is 22.7.